The number of epoxide rings is 1. The first kappa shape index (κ1) is 12.6. The largest absolute Gasteiger partial charge is 0.371 e. The van der Waals surface area contributed by atoms with E-state index in [1.165, 1.54) is 12.1 Å². The van der Waals surface area contributed by atoms with Gasteiger partial charge in [0.1, 0.15) is 5.82 Å². The molecule has 0 bridgehead atoms. The molecule has 0 spiro atoms. The van der Waals surface area contributed by atoms with Gasteiger partial charge in [0, 0.05) is 26.2 Å². The molecule has 2 aliphatic rings. The summed E-state index contributed by atoms with van der Waals surface area (Å²) in [5.41, 5.74) is 1.04. The number of carbonyl (C=O) groups is 1. The van der Waals surface area contributed by atoms with Crippen molar-refractivity contribution in [3.8, 4) is 0 Å². The summed E-state index contributed by atoms with van der Waals surface area (Å²) in [5, 5.41) is 0. The van der Waals surface area contributed by atoms with Gasteiger partial charge in [0.2, 0.25) is 5.91 Å². The SMILES string of the molecule is O=C1CN(Cc2ccc(F)cc2)CCN1C[C@H]1CO1. The van der Waals surface area contributed by atoms with Gasteiger partial charge in [-0.1, -0.05) is 12.1 Å². The monoisotopic (exact) mass is 264 g/mol. The zero-order valence-corrected chi connectivity index (χ0v) is 10.7. The van der Waals surface area contributed by atoms with Crippen LogP contribution in [0.1, 0.15) is 5.56 Å². The Bertz CT molecular complexity index is 459. The van der Waals surface area contributed by atoms with Crippen molar-refractivity contribution in [2.24, 2.45) is 0 Å². The molecule has 2 heterocycles. The lowest BCUT2D eigenvalue weighted by molar-refractivity contribution is -0.136. The maximum absolute atomic E-state index is 12.8. The van der Waals surface area contributed by atoms with Crippen LogP contribution >= 0.6 is 0 Å². The molecule has 4 nitrogen and oxygen atoms in total. The number of amides is 1. The van der Waals surface area contributed by atoms with Crippen molar-refractivity contribution >= 4 is 5.91 Å². The zero-order valence-electron chi connectivity index (χ0n) is 10.7. The Morgan fingerprint density at radius 1 is 1.26 bits per heavy atom. The number of nitrogens with zero attached hydrogens (tertiary/aromatic N) is 2. The fourth-order valence-electron chi connectivity index (χ4n) is 2.35. The van der Waals surface area contributed by atoms with Crippen LogP contribution in [0.2, 0.25) is 0 Å². The second-order valence-corrected chi connectivity index (χ2v) is 5.13. The van der Waals surface area contributed by atoms with Crippen LogP contribution in [0.25, 0.3) is 0 Å². The van der Waals surface area contributed by atoms with Gasteiger partial charge in [0.05, 0.1) is 19.3 Å². The van der Waals surface area contributed by atoms with E-state index in [9.17, 15) is 9.18 Å². The molecule has 1 atom stereocenters. The summed E-state index contributed by atoms with van der Waals surface area (Å²) in [6.07, 6.45) is 0.257. The minimum Gasteiger partial charge on any atom is -0.371 e. The second-order valence-electron chi connectivity index (χ2n) is 5.13. The van der Waals surface area contributed by atoms with Crippen molar-refractivity contribution in [2.75, 3.05) is 32.8 Å². The average molecular weight is 264 g/mol. The molecular formula is C14H17FN2O2. The van der Waals surface area contributed by atoms with E-state index in [1.807, 2.05) is 4.90 Å². The molecule has 1 aromatic carbocycles. The lowest BCUT2D eigenvalue weighted by atomic mass is 10.2. The van der Waals surface area contributed by atoms with E-state index in [0.29, 0.717) is 13.1 Å². The molecule has 0 aliphatic carbocycles. The predicted octanol–water partition coefficient (Wildman–Crippen LogP) is 0.869. The lowest BCUT2D eigenvalue weighted by Gasteiger charge is -2.34. The molecule has 19 heavy (non-hydrogen) atoms. The first-order chi connectivity index (χ1) is 9.20. The summed E-state index contributed by atoms with van der Waals surface area (Å²) >= 11 is 0. The molecule has 2 saturated heterocycles. The first-order valence-electron chi connectivity index (χ1n) is 6.57. The number of hydrogen-bond donors (Lipinski definition) is 0. The summed E-state index contributed by atoms with van der Waals surface area (Å²) in [7, 11) is 0. The molecule has 2 aliphatic heterocycles. The highest BCUT2D eigenvalue weighted by Crippen LogP contribution is 2.15. The maximum atomic E-state index is 12.8. The van der Waals surface area contributed by atoms with Crippen LogP contribution in [-0.2, 0) is 16.1 Å². The van der Waals surface area contributed by atoms with Gasteiger partial charge in [-0.3, -0.25) is 9.69 Å². The smallest absolute Gasteiger partial charge is 0.236 e. The molecule has 3 rings (SSSR count). The van der Waals surface area contributed by atoms with Gasteiger partial charge in [-0.2, -0.15) is 0 Å². The van der Waals surface area contributed by atoms with E-state index in [-0.39, 0.29) is 17.8 Å². The number of piperazine rings is 1. The lowest BCUT2D eigenvalue weighted by Crippen LogP contribution is -2.50. The van der Waals surface area contributed by atoms with Crippen LogP contribution in [0.3, 0.4) is 0 Å². The van der Waals surface area contributed by atoms with Crippen LogP contribution in [0.4, 0.5) is 4.39 Å². The highest BCUT2D eigenvalue weighted by Gasteiger charge is 2.30. The summed E-state index contributed by atoms with van der Waals surface area (Å²) in [5.74, 6) is -0.0714. The minimum atomic E-state index is -0.228. The van der Waals surface area contributed by atoms with Crippen LogP contribution in [-0.4, -0.2) is 54.6 Å². The number of rotatable bonds is 4. The standard InChI is InChI=1S/C14H17FN2O2/c15-12-3-1-11(2-4-12)7-16-5-6-17(14(18)9-16)8-13-10-19-13/h1-4,13H,5-10H2/t13-/m0/s1. The molecule has 0 saturated carbocycles. The van der Waals surface area contributed by atoms with Crippen molar-refractivity contribution in [1.82, 2.24) is 9.80 Å². The van der Waals surface area contributed by atoms with Gasteiger partial charge in [0.15, 0.2) is 0 Å². The van der Waals surface area contributed by atoms with E-state index in [2.05, 4.69) is 4.90 Å². The Morgan fingerprint density at radius 3 is 2.63 bits per heavy atom. The molecule has 0 unspecified atom stereocenters. The van der Waals surface area contributed by atoms with E-state index in [1.54, 1.807) is 12.1 Å². The van der Waals surface area contributed by atoms with Crippen molar-refractivity contribution in [1.29, 1.82) is 0 Å². The topological polar surface area (TPSA) is 36.1 Å². The zero-order chi connectivity index (χ0) is 13.2. The fourth-order valence-corrected chi connectivity index (χ4v) is 2.35. The predicted molar refractivity (Wildman–Crippen MR) is 68.0 cm³/mol. The van der Waals surface area contributed by atoms with Crippen molar-refractivity contribution in [3.05, 3.63) is 35.6 Å². The summed E-state index contributed by atoms with van der Waals surface area (Å²) in [6, 6.07) is 6.45. The van der Waals surface area contributed by atoms with E-state index in [0.717, 1.165) is 31.8 Å². The van der Waals surface area contributed by atoms with Gasteiger partial charge < -0.3 is 9.64 Å². The third kappa shape index (κ3) is 3.30. The molecule has 1 aromatic rings. The maximum Gasteiger partial charge on any atom is 0.236 e. The second kappa shape index (κ2) is 5.27. The number of benzene rings is 1. The van der Waals surface area contributed by atoms with Crippen LogP contribution in [0.15, 0.2) is 24.3 Å². The molecule has 1 amide bonds. The van der Waals surface area contributed by atoms with Crippen molar-refractivity contribution in [3.63, 3.8) is 0 Å². The van der Waals surface area contributed by atoms with E-state index < -0.39 is 0 Å². The normalized spacial score (nSPS) is 23.7. The third-order valence-electron chi connectivity index (χ3n) is 3.54. The average Bonchev–Trinajstić information content (AvgIpc) is 3.20. The third-order valence-corrected chi connectivity index (χ3v) is 3.54. The van der Waals surface area contributed by atoms with Gasteiger partial charge in [-0.05, 0) is 17.7 Å². The number of ether oxygens (including phenoxy) is 1. The highest BCUT2D eigenvalue weighted by molar-refractivity contribution is 5.79. The van der Waals surface area contributed by atoms with Crippen molar-refractivity contribution in [2.45, 2.75) is 12.6 Å². The molecule has 0 radical (unpaired) electrons. The van der Waals surface area contributed by atoms with Gasteiger partial charge in [-0.25, -0.2) is 4.39 Å². The van der Waals surface area contributed by atoms with Gasteiger partial charge >= 0.3 is 0 Å². The Balaban J connectivity index is 1.53. The fraction of sp³-hybridized carbons (Fsp3) is 0.500. The van der Waals surface area contributed by atoms with Crippen LogP contribution < -0.4 is 0 Å². The Labute approximate surface area is 111 Å². The molecule has 5 heteroatoms. The van der Waals surface area contributed by atoms with Gasteiger partial charge in [0.25, 0.3) is 0 Å². The Morgan fingerprint density at radius 2 is 2.00 bits per heavy atom. The number of carbonyl (C=O) groups excluding carboxylic acids is 1. The minimum absolute atomic E-state index is 0.156. The number of halogens is 1. The highest BCUT2D eigenvalue weighted by atomic mass is 19.1. The Kier molecular flexibility index (Phi) is 3.48. The Hall–Kier alpha value is -1.46. The summed E-state index contributed by atoms with van der Waals surface area (Å²) in [6.45, 7) is 4.24. The van der Waals surface area contributed by atoms with Crippen LogP contribution in [0.5, 0.6) is 0 Å². The molecule has 2 fully saturated rings. The summed E-state index contributed by atoms with van der Waals surface area (Å²) < 4.78 is 18.0. The van der Waals surface area contributed by atoms with E-state index >= 15 is 0 Å². The van der Waals surface area contributed by atoms with E-state index in [4.69, 9.17) is 4.74 Å². The molecular weight excluding hydrogens is 247 g/mol. The molecule has 0 aromatic heterocycles. The first-order valence-corrected chi connectivity index (χ1v) is 6.57. The van der Waals surface area contributed by atoms with Crippen molar-refractivity contribution < 1.29 is 13.9 Å². The van der Waals surface area contributed by atoms with Gasteiger partial charge in [-0.15, -0.1) is 0 Å². The number of hydrogen-bond acceptors (Lipinski definition) is 3. The summed E-state index contributed by atoms with van der Waals surface area (Å²) in [4.78, 5) is 16.0. The molecule has 0 N–H and O–H groups in total. The van der Waals surface area contributed by atoms with Crippen LogP contribution in [0, 0.1) is 5.82 Å². The molecule has 102 valence electrons. The quantitative estimate of drug-likeness (QED) is 0.757.